The predicted molar refractivity (Wildman–Crippen MR) is 147 cm³/mol. The van der Waals surface area contributed by atoms with Gasteiger partial charge in [0.1, 0.15) is 23.0 Å². The molecule has 0 aliphatic carbocycles. The van der Waals surface area contributed by atoms with E-state index in [0.717, 1.165) is 65.7 Å². The van der Waals surface area contributed by atoms with Crippen LogP contribution in [0.5, 0.6) is 34.5 Å². The van der Waals surface area contributed by atoms with E-state index in [4.69, 9.17) is 23.7 Å². The molecule has 37 heavy (non-hydrogen) atoms. The Hall–Kier alpha value is -4.12. The lowest BCUT2D eigenvalue weighted by atomic mass is 10.0. The molecule has 0 saturated heterocycles. The lowest BCUT2D eigenvalue weighted by Crippen LogP contribution is -1.96. The summed E-state index contributed by atoms with van der Waals surface area (Å²) < 4.78 is 27.9. The van der Waals surface area contributed by atoms with Gasteiger partial charge in [0.2, 0.25) is 0 Å². The summed E-state index contributed by atoms with van der Waals surface area (Å²) in [5.41, 5.74) is 4.78. The zero-order chi connectivity index (χ0) is 26.0. The molecule has 5 nitrogen and oxygen atoms in total. The van der Waals surface area contributed by atoms with Gasteiger partial charge in [-0.1, -0.05) is 30.3 Å². The van der Waals surface area contributed by atoms with E-state index in [9.17, 15) is 0 Å². The van der Waals surface area contributed by atoms with Gasteiger partial charge in [0.25, 0.3) is 0 Å². The van der Waals surface area contributed by atoms with Crippen LogP contribution >= 0.6 is 0 Å². The number of hydrogen-bond donors (Lipinski definition) is 0. The van der Waals surface area contributed by atoms with Crippen molar-refractivity contribution >= 4 is 0 Å². The first-order valence-electron chi connectivity index (χ1n) is 12.4. The molecule has 0 spiro atoms. The third-order valence-electron chi connectivity index (χ3n) is 6.30. The molecule has 4 aromatic rings. The molecule has 0 atom stereocenters. The topological polar surface area (TPSA) is 46.2 Å². The summed E-state index contributed by atoms with van der Waals surface area (Å²) in [5, 5.41) is 0. The van der Waals surface area contributed by atoms with E-state index in [-0.39, 0.29) is 0 Å². The zero-order valence-corrected chi connectivity index (χ0v) is 22.0. The number of aryl methyl sites for hydroxylation is 4. The average Bonchev–Trinajstić information content (AvgIpc) is 2.95. The predicted octanol–water partition coefficient (Wildman–Crippen LogP) is 7.08. The Balaban J connectivity index is 1.43. The van der Waals surface area contributed by atoms with Gasteiger partial charge in [0, 0.05) is 6.07 Å². The summed E-state index contributed by atoms with van der Waals surface area (Å²) in [7, 11) is 6.68. The largest absolute Gasteiger partial charge is 0.497 e. The number of benzene rings is 4. The van der Waals surface area contributed by atoms with E-state index < -0.39 is 0 Å². The Kier molecular flexibility index (Phi) is 8.93. The molecule has 192 valence electrons. The first-order chi connectivity index (χ1) is 18.1. The fraction of sp³-hybridized carbons (Fsp3) is 0.250. The number of rotatable bonds is 12. The molecular weight excluding hydrogens is 464 g/mol. The summed E-state index contributed by atoms with van der Waals surface area (Å²) in [6, 6.07) is 28.5. The van der Waals surface area contributed by atoms with Crippen molar-refractivity contribution < 1.29 is 23.7 Å². The Morgan fingerprint density at radius 2 is 0.946 bits per heavy atom. The van der Waals surface area contributed by atoms with Crippen LogP contribution in [0.4, 0.5) is 0 Å². The Labute approximate surface area is 219 Å². The third kappa shape index (κ3) is 7.20. The second-order valence-electron chi connectivity index (χ2n) is 8.81. The van der Waals surface area contributed by atoms with Gasteiger partial charge in [-0.15, -0.1) is 0 Å². The van der Waals surface area contributed by atoms with Crippen molar-refractivity contribution in [2.45, 2.75) is 25.7 Å². The molecule has 5 heteroatoms. The van der Waals surface area contributed by atoms with Gasteiger partial charge in [-0.2, -0.15) is 0 Å². The van der Waals surface area contributed by atoms with Crippen molar-refractivity contribution in [1.82, 2.24) is 0 Å². The average molecular weight is 499 g/mol. The van der Waals surface area contributed by atoms with E-state index in [1.54, 1.807) is 28.4 Å². The normalized spacial score (nSPS) is 10.6. The number of ether oxygens (including phenoxy) is 5. The highest BCUT2D eigenvalue weighted by Crippen LogP contribution is 2.30. The molecule has 0 aliphatic heterocycles. The summed E-state index contributed by atoms with van der Waals surface area (Å²) in [6.45, 7) is 0. The highest BCUT2D eigenvalue weighted by molar-refractivity contribution is 5.44. The standard InChI is InChI=1S/C32H34O5/c1-33-27-9-5-7-23(17-27)13-14-26-19-29(34-2)22-30(20-26)37-28-10-6-8-24(18-28)11-12-25-15-16-31(35-3)32(21-25)36-4/h5-10,15-22H,11-14H2,1-4H3. The molecule has 0 N–H and O–H groups in total. The van der Waals surface area contributed by atoms with Crippen molar-refractivity contribution in [3.8, 4) is 34.5 Å². The van der Waals surface area contributed by atoms with Crippen LogP contribution in [0, 0.1) is 0 Å². The maximum Gasteiger partial charge on any atom is 0.160 e. The molecule has 0 fully saturated rings. The molecule has 0 aromatic heterocycles. The van der Waals surface area contributed by atoms with Crippen LogP contribution in [0.2, 0.25) is 0 Å². The van der Waals surface area contributed by atoms with E-state index >= 15 is 0 Å². The van der Waals surface area contributed by atoms with Gasteiger partial charge in [-0.05, 0) is 96.5 Å². The quantitative estimate of drug-likeness (QED) is 0.209. The lowest BCUT2D eigenvalue weighted by Gasteiger charge is -2.12. The first-order valence-corrected chi connectivity index (χ1v) is 12.4. The van der Waals surface area contributed by atoms with Gasteiger partial charge in [0.15, 0.2) is 11.5 Å². The van der Waals surface area contributed by atoms with Crippen LogP contribution in [0.15, 0.2) is 84.9 Å². The van der Waals surface area contributed by atoms with Crippen LogP contribution in [-0.2, 0) is 25.7 Å². The minimum Gasteiger partial charge on any atom is -0.497 e. The minimum atomic E-state index is 0.739. The smallest absolute Gasteiger partial charge is 0.160 e. The highest BCUT2D eigenvalue weighted by Gasteiger charge is 2.08. The second kappa shape index (κ2) is 12.7. The second-order valence-corrected chi connectivity index (χ2v) is 8.81. The van der Waals surface area contributed by atoms with Crippen LogP contribution in [0.1, 0.15) is 22.3 Å². The van der Waals surface area contributed by atoms with Gasteiger partial charge in [-0.3, -0.25) is 0 Å². The van der Waals surface area contributed by atoms with Gasteiger partial charge in [-0.25, -0.2) is 0 Å². The van der Waals surface area contributed by atoms with Crippen molar-refractivity contribution in [3.05, 3.63) is 107 Å². The Bertz CT molecular complexity index is 1310. The zero-order valence-electron chi connectivity index (χ0n) is 22.0. The molecular formula is C32H34O5. The minimum absolute atomic E-state index is 0.739. The fourth-order valence-electron chi connectivity index (χ4n) is 4.29. The summed E-state index contributed by atoms with van der Waals surface area (Å²) in [5.74, 6) is 4.70. The van der Waals surface area contributed by atoms with Gasteiger partial charge >= 0.3 is 0 Å². The molecule has 0 bridgehead atoms. The van der Waals surface area contributed by atoms with Crippen molar-refractivity contribution in [1.29, 1.82) is 0 Å². The summed E-state index contributed by atoms with van der Waals surface area (Å²) in [6.07, 6.45) is 3.54. The van der Waals surface area contributed by atoms with E-state index in [2.05, 4.69) is 42.5 Å². The Morgan fingerprint density at radius 3 is 1.59 bits per heavy atom. The monoisotopic (exact) mass is 498 g/mol. The summed E-state index contributed by atoms with van der Waals surface area (Å²) in [4.78, 5) is 0. The molecule has 0 saturated carbocycles. The fourth-order valence-corrected chi connectivity index (χ4v) is 4.29. The number of hydrogen-bond acceptors (Lipinski definition) is 5. The van der Waals surface area contributed by atoms with Crippen LogP contribution in [0.25, 0.3) is 0 Å². The molecule has 0 radical (unpaired) electrons. The third-order valence-corrected chi connectivity index (χ3v) is 6.30. The molecule has 0 unspecified atom stereocenters. The maximum absolute atomic E-state index is 6.27. The van der Waals surface area contributed by atoms with Crippen molar-refractivity contribution in [2.75, 3.05) is 28.4 Å². The van der Waals surface area contributed by atoms with Crippen molar-refractivity contribution in [2.24, 2.45) is 0 Å². The summed E-state index contributed by atoms with van der Waals surface area (Å²) >= 11 is 0. The van der Waals surface area contributed by atoms with E-state index in [1.165, 1.54) is 16.7 Å². The molecule has 4 aromatic carbocycles. The first kappa shape index (κ1) is 26.0. The highest BCUT2D eigenvalue weighted by atomic mass is 16.5. The van der Waals surface area contributed by atoms with Gasteiger partial charge < -0.3 is 23.7 Å². The van der Waals surface area contributed by atoms with Crippen LogP contribution in [-0.4, -0.2) is 28.4 Å². The Morgan fingerprint density at radius 1 is 0.405 bits per heavy atom. The van der Waals surface area contributed by atoms with Crippen LogP contribution in [0.3, 0.4) is 0 Å². The molecule has 0 heterocycles. The van der Waals surface area contributed by atoms with Gasteiger partial charge in [0.05, 0.1) is 28.4 Å². The molecule has 0 aliphatic rings. The SMILES string of the molecule is COc1cccc(CCc2cc(OC)cc(Oc3cccc(CCc4ccc(OC)c(OC)c4)c3)c2)c1. The van der Waals surface area contributed by atoms with Crippen molar-refractivity contribution in [3.63, 3.8) is 0 Å². The lowest BCUT2D eigenvalue weighted by molar-refractivity contribution is 0.354. The maximum atomic E-state index is 6.27. The molecule has 4 rings (SSSR count). The van der Waals surface area contributed by atoms with E-state index in [0.29, 0.717) is 0 Å². The number of methoxy groups -OCH3 is 4. The molecule has 0 amide bonds. The van der Waals surface area contributed by atoms with Crippen LogP contribution < -0.4 is 23.7 Å². The van der Waals surface area contributed by atoms with E-state index in [1.807, 2.05) is 42.5 Å².